The molecule has 1 atom stereocenters. The summed E-state index contributed by atoms with van der Waals surface area (Å²) in [6.45, 7) is 3.13. The zero-order valence-corrected chi connectivity index (χ0v) is 17.1. The van der Waals surface area contributed by atoms with Gasteiger partial charge in [0.05, 0.1) is 0 Å². The minimum Gasteiger partial charge on any atom is -0.369 e. The number of piperidine rings is 1. The molecule has 0 radical (unpaired) electrons. The van der Waals surface area contributed by atoms with Crippen LogP contribution in [-0.2, 0) is 4.74 Å². The van der Waals surface area contributed by atoms with Crippen molar-refractivity contribution in [2.45, 2.75) is 37.8 Å². The van der Waals surface area contributed by atoms with Crippen LogP contribution in [-0.4, -0.2) is 24.6 Å². The van der Waals surface area contributed by atoms with Crippen LogP contribution in [0.15, 0.2) is 91.0 Å². The molecule has 2 heteroatoms. The van der Waals surface area contributed by atoms with E-state index in [1.54, 1.807) is 0 Å². The van der Waals surface area contributed by atoms with Gasteiger partial charge in [0.1, 0.15) is 6.10 Å². The standard InChI is InChI=1S/C27H31NO/c1-5-13-23(14-6-1)26(28-20-11-4-12-21-28)19-22-29-27(24-15-7-2-8-16-24)25-17-9-3-10-18-25/h1-3,5-10,13-18,26-27H,4,11-12,19-22H2. The first kappa shape index (κ1) is 19.9. The van der Waals surface area contributed by atoms with Gasteiger partial charge in [-0.25, -0.2) is 0 Å². The van der Waals surface area contributed by atoms with Crippen LogP contribution in [0.3, 0.4) is 0 Å². The number of nitrogens with zero attached hydrogens (tertiary/aromatic N) is 1. The van der Waals surface area contributed by atoms with Crippen LogP contribution < -0.4 is 0 Å². The van der Waals surface area contributed by atoms with Gasteiger partial charge in [-0.05, 0) is 49.0 Å². The van der Waals surface area contributed by atoms with Crippen molar-refractivity contribution in [1.29, 1.82) is 0 Å². The normalized spacial score (nSPS) is 16.0. The molecule has 0 bridgehead atoms. The lowest BCUT2D eigenvalue weighted by Crippen LogP contribution is -2.34. The van der Waals surface area contributed by atoms with Crippen molar-refractivity contribution in [3.8, 4) is 0 Å². The maximum absolute atomic E-state index is 6.53. The second kappa shape index (κ2) is 10.4. The number of likely N-dealkylation sites (tertiary alicyclic amines) is 1. The first-order chi connectivity index (χ1) is 14.4. The molecule has 3 aromatic rings. The summed E-state index contributed by atoms with van der Waals surface area (Å²) in [5.74, 6) is 0. The highest BCUT2D eigenvalue weighted by molar-refractivity contribution is 5.30. The van der Waals surface area contributed by atoms with Crippen LogP contribution in [0.5, 0.6) is 0 Å². The molecule has 0 amide bonds. The van der Waals surface area contributed by atoms with E-state index in [2.05, 4.69) is 95.9 Å². The molecule has 2 nitrogen and oxygen atoms in total. The molecule has 0 aromatic heterocycles. The predicted molar refractivity (Wildman–Crippen MR) is 120 cm³/mol. The third-order valence-electron chi connectivity index (χ3n) is 5.90. The number of benzene rings is 3. The van der Waals surface area contributed by atoms with E-state index in [1.807, 2.05) is 0 Å². The number of hydrogen-bond donors (Lipinski definition) is 0. The van der Waals surface area contributed by atoms with Gasteiger partial charge in [0.2, 0.25) is 0 Å². The lowest BCUT2D eigenvalue weighted by atomic mass is 9.98. The molecule has 29 heavy (non-hydrogen) atoms. The van der Waals surface area contributed by atoms with Crippen molar-refractivity contribution in [3.63, 3.8) is 0 Å². The van der Waals surface area contributed by atoms with Crippen molar-refractivity contribution < 1.29 is 4.74 Å². The average Bonchev–Trinajstić information content (AvgIpc) is 2.81. The minimum absolute atomic E-state index is 0.0184. The molecule has 0 spiro atoms. The second-order valence-electron chi connectivity index (χ2n) is 7.88. The van der Waals surface area contributed by atoms with E-state index < -0.39 is 0 Å². The summed E-state index contributed by atoms with van der Waals surface area (Å²) in [7, 11) is 0. The molecule has 1 aliphatic rings. The van der Waals surface area contributed by atoms with Crippen LogP contribution in [0.25, 0.3) is 0 Å². The van der Waals surface area contributed by atoms with E-state index >= 15 is 0 Å². The number of ether oxygens (including phenoxy) is 1. The van der Waals surface area contributed by atoms with Gasteiger partial charge in [0.25, 0.3) is 0 Å². The van der Waals surface area contributed by atoms with Crippen LogP contribution in [0.2, 0.25) is 0 Å². The van der Waals surface area contributed by atoms with Gasteiger partial charge in [-0.1, -0.05) is 97.4 Å². The van der Waals surface area contributed by atoms with E-state index in [4.69, 9.17) is 4.74 Å². The Morgan fingerprint density at radius 1 is 0.621 bits per heavy atom. The molecule has 1 saturated heterocycles. The Morgan fingerprint density at radius 3 is 1.62 bits per heavy atom. The van der Waals surface area contributed by atoms with E-state index in [1.165, 1.54) is 49.0 Å². The van der Waals surface area contributed by atoms with Crippen LogP contribution in [0.1, 0.15) is 54.5 Å². The molecular weight excluding hydrogens is 354 g/mol. The number of rotatable bonds is 8. The van der Waals surface area contributed by atoms with E-state index in [0.29, 0.717) is 6.04 Å². The Bertz CT molecular complexity index is 789. The Morgan fingerprint density at radius 2 is 1.10 bits per heavy atom. The lowest BCUT2D eigenvalue weighted by molar-refractivity contribution is 0.0529. The Labute approximate surface area is 175 Å². The first-order valence-corrected chi connectivity index (χ1v) is 10.9. The highest BCUT2D eigenvalue weighted by atomic mass is 16.5. The summed E-state index contributed by atoms with van der Waals surface area (Å²) in [6.07, 6.45) is 4.97. The van der Waals surface area contributed by atoms with Crippen LogP contribution in [0, 0.1) is 0 Å². The highest BCUT2D eigenvalue weighted by Gasteiger charge is 2.23. The van der Waals surface area contributed by atoms with Crippen molar-refractivity contribution in [2.75, 3.05) is 19.7 Å². The summed E-state index contributed by atoms with van der Waals surface area (Å²) >= 11 is 0. The molecule has 1 heterocycles. The van der Waals surface area contributed by atoms with E-state index in [0.717, 1.165) is 13.0 Å². The van der Waals surface area contributed by atoms with Gasteiger partial charge in [0, 0.05) is 12.6 Å². The summed E-state index contributed by atoms with van der Waals surface area (Å²) < 4.78 is 6.53. The molecule has 0 N–H and O–H groups in total. The molecule has 1 fully saturated rings. The van der Waals surface area contributed by atoms with Gasteiger partial charge in [-0.3, -0.25) is 4.90 Å². The molecule has 4 rings (SSSR count). The zero-order valence-electron chi connectivity index (χ0n) is 17.1. The van der Waals surface area contributed by atoms with Crippen molar-refractivity contribution in [1.82, 2.24) is 4.90 Å². The molecule has 3 aromatic carbocycles. The fourth-order valence-electron chi connectivity index (χ4n) is 4.40. The largest absolute Gasteiger partial charge is 0.369 e. The van der Waals surface area contributed by atoms with Gasteiger partial charge >= 0.3 is 0 Å². The van der Waals surface area contributed by atoms with Gasteiger partial charge in [0.15, 0.2) is 0 Å². The summed E-state index contributed by atoms with van der Waals surface area (Å²) in [6, 6.07) is 32.5. The Hall–Kier alpha value is -2.42. The second-order valence-corrected chi connectivity index (χ2v) is 7.88. The molecule has 0 aliphatic carbocycles. The van der Waals surface area contributed by atoms with Crippen LogP contribution >= 0.6 is 0 Å². The monoisotopic (exact) mass is 385 g/mol. The van der Waals surface area contributed by atoms with Gasteiger partial charge in [-0.2, -0.15) is 0 Å². The minimum atomic E-state index is -0.0184. The molecule has 150 valence electrons. The molecule has 0 saturated carbocycles. The van der Waals surface area contributed by atoms with Gasteiger partial charge in [-0.15, -0.1) is 0 Å². The number of hydrogen-bond acceptors (Lipinski definition) is 2. The van der Waals surface area contributed by atoms with Gasteiger partial charge < -0.3 is 4.74 Å². The van der Waals surface area contributed by atoms with Crippen molar-refractivity contribution in [2.24, 2.45) is 0 Å². The maximum Gasteiger partial charge on any atom is 0.108 e. The fraction of sp³-hybridized carbons (Fsp3) is 0.333. The predicted octanol–water partition coefficient (Wildman–Crippen LogP) is 6.41. The lowest BCUT2D eigenvalue weighted by Gasteiger charge is -2.35. The highest BCUT2D eigenvalue weighted by Crippen LogP contribution is 2.30. The smallest absolute Gasteiger partial charge is 0.108 e. The van der Waals surface area contributed by atoms with E-state index in [-0.39, 0.29) is 6.10 Å². The quantitative estimate of drug-likeness (QED) is 0.444. The zero-order chi connectivity index (χ0) is 19.7. The summed E-state index contributed by atoms with van der Waals surface area (Å²) in [4.78, 5) is 2.65. The average molecular weight is 386 g/mol. The van der Waals surface area contributed by atoms with E-state index in [9.17, 15) is 0 Å². The molecule has 1 unspecified atom stereocenters. The third kappa shape index (κ3) is 5.35. The summed E-state index contributed by atoms with van der Waals surface area (Å²) in [5, 5.41) is 0. The van der Waals surface area contributed by atoms with Crippen LogP contribution in [0.4, 0.5) is 0 Å². The first-order valence-electron chi connectivity index (χ1n) is 10.9. The van der Waals surface area contributed by atoms with Crippen molar-refractivity contribution in [3.05, 3.63) is 108 Å². The molecule has 1 aliphatic heterocycles. The summed E-state index contributed by atoms with van der Waals surface area (Å²) in [5.41, 5.74) is 3.84. The SMILES string of the molecule is c1ccc(C(OCCC(c2ccccc2)N2CCCCC2)c2ccccc2)cc1. The molecular formula is C27H31NO. The maximum atomic E-state index is 6.53. The Balaban J connectivity index is 1.48. The topological polar surface area (TPSA) is 12.5 Å². The Kier molecular flexibility index (Phi) is 7.12. The van der Waals surface area contributed by atoms with Crippen molar-refractivity contribution >= 4 is 0 Å². The third-order valence-corrected chi connectivity index (χ3v) is 5.90. The fourth-order valence-corrected chi connectivity index (χ4v) is 4.40.